The van der Waals surface area contributed by atoms with Crippen molar-refractivity contribution in [3.63, 3.8) is 0 Å². The molecule has 5 rings (SSSR count). The molecule has 0 saturated carbocycles. The van der Waals surface area contributed by atoms with Crippen LogP contribution in [0.4, 0.5) is 0 Å². The van der Waals surface area contributed by atoms with Gasteiger partial charge in [-0.2, -0.15) is 0 Å². The minimum Gasteiger partial charge on any atom is -0.834 e. The number of likely N-dealkylation sites (N-methyl/N-ethyl adjacent to an activating group) is 1. The Balaban J connectivity index is 1.34. The van der Waals surface area contributed by atoms with Crippen LogP contribution < -0.4 is 5.11 Å². The molecule has 1 aliphatic carbocycles. The van der Waals surface area contributed by atoms with E-state index in [-0.39, 0.29) is 6.10 Å². The van der Waals surface area contributed by atoms with Crippen molar-refractivity contribution >= 4 is 5.97 Å². The Hall–Kier alpha value is -3.09. The summed E-state index contributed by atoms with van der Waals surface area (Å²) < 4.78 is 6.73. The van der Waals surface area contributed by atoms with Gasteiger partial charge in [-0.15, -0.1) is 0 Å². The lowest BCUT2D eigenvalue weighted by Crippen LogP contribution is -2.56. The molecule has 1 aliphatic heterocycles. The predicted octanol–water partition coefficient (Wildman–Crippen LogP) is 2.46. The quantitative estimate of drug-likeness (QED) is 0.460. The van der Waals surface area contributed by atoms with Gasteiger partial charge in [0.25, 0.3) is 0 Å². The average molecular weight is 430 g/mol. The van der Waals surface area contributed by atoms with E-state index in [0.29, 0.717) is 17.7 Å². The van der Waals surface area contributed by atoms with Crippen LogP contribution in [0.2, 0.25) is 0 Å². The summed E-state index contributed by atoms with van der Waals surface area (Å²) in [5, 5.41) is 14.1. The number of hydrogen-bond donors (Lipinski definition) is 0. The average Bonchev–Trinajstić information content (AvgIpc) is 3.09. The van der Waals surface area contributed by atoms with Gasteiger partial charge in [0.05, 0.1) is 25.8 Å². The molecule has 2 aliphatic rings. The normalized spacial score (nSPS) is 23.2. The van der Waals surface area contributed by atoms with Gasteiger partial charge < -0.3 is 14.3 Å². The Labute approximate surface area is 188 Å². The van der Waals surface area contributed by atoms with Gasteiger partial charge in [0.1, 0.15) is 6.54 Å². The molecule has 2 atom stereocenters. The summed E-state index contributed by atoms with van der Waals surface area (Å²) in [7, 11) is 2.18. The fourth-order valence-corrected chi connectivity index (χ4v) is 5.17. The molecular formula is C26H27N3O3. The smallest absolute Gasteiger partial charge is 0.304 e. The van der Waals surface area contributed by atoms with E-state index in [2.05, 4.69) is 17.0 Å². The molecule has 32 heavy (non-hydrogen) atoms. The molecule has 3 aromatic rings. The second-order valence-corrected chi connectivity index (χ2v) is 9.14. The number of carbonyl (C=O) groups is 1. The highest BCUT2D eigenvalue weighted by atomic mass is 16.6. The fraction of sp³-hybridized carbons (Fsp3) is 0.346. The van der Waals surface area contributed by atoms with Crippen LogP contribution in [0.15, 0.2) is 67.1 Å². The van der Waals surface area contributed by atoms with Crippen molar-refractivity contribution in [3.8, 4) is 11.1 Å². The minimum atomic E-state index is -2.02. The molecule has 0 spiro atoms. The highest BCUT2D eigenvalue weighted by molar-refractivity contribution is 5.95. The van der Waals surface area contributed by atoms with Gasteiger partial charge in [-0.05, 0) is 28.7 Å². The van der Waals surface area contributed by atoms with Crippen LogP contribution in [0, 0.1) is 0 Å². The largest absolute Gasteiger partial charge is 0.834 e. The number of fused-ring (bicyclic) bond motifs is 3. The lowest BCUT2D eigenvalue weighted by molar-refractivity contribution is -0.916. The first-order valence-electron chi connectivity index (χ1n) is 11.2. The molecular weight excluding hydrogens is 402 g/mol. The van der Waals surface area contributed by atoms with E-state index < -0.39 is 11.6 Å². The SMILES string of the molecule is C[N@+]1(CCc2cnccn2)CCCC(OC(=O)C2([O-])c3ccccc3-c3ccccc32)C1. The van der Waals surface area contributed by atoms with Crippen LogP contribution >= 0.6 is 0 Å². The number of likely N-dealkylation sites (tertiary alicyclic amines) is 1. The van der Waals surface area contributed by atoms with Crippen LogP contribution in [-0.2, 0) is 21.6 Å². The number of aromatic nitrogens is 2. The second kappa shape index (κ2) is 8.11. The zero-order chi connectivity index (χ0) is 22.2. The van der Waals surface area contributed by atoms with Crippen molar-refractivity contribution in [2.45, 2.75) is 31.0 Å². The number of hydrogen-bond acceptors (Lipinski definition) is 5. The third-order valence-corrected chi connectivity index (χ3v) is 6.86. The van der Waals surface area contributed by atoms with E-state index in [1.54, 1.807) is 30.7 Å². The van der Waals surface area contributed by atoms with Gasteiger partial charge in [0.2, 0.25) is 0 Å². The molecule has 0 amide bonds. The fourth-order valence-electron chi connectivity index (χ4n) is 5.17. The van der Waals surface area contributed by atoms with Crippen LogP contribution in [0.3, 0.4) is 0 Å². The molecule has 1 fully saturated rings. The molecule has 2 aromatic carbocycles. The highest BCUT2D eigenvalue weighted by Gasteiger charge is 2.43. The first-order chi connectivity index (χ1) is 15.5. The van der Waals surface area contributed by atoms with E-state index >= 15 is 0 Å². The Kier molecular flexibility index (Phi) is 5.27. The van der Waals surface area contributed by atoms with E-state index in [1.165, 1.54) is 0 Å². The Morgan fingerprint density at radius 3 is 2.47 bits per heavy atom. The molecule has 1 saturated heterocycles. The van der Waals surface area contributed by atoms with Gasteiger partial charge in [-0.25, -0.2) is 0 Å². The summed E-state index contributed by atoms with van der Waals surface area (Å²) in [4.78, 5) is 21.9. The Morgan fingerprint density at radius 1 is 1.12 bits per heavy atom. The zero-order valence-electron chi connectivity index (χ0n) is 18.2. The predicted molar refractivity (Wildman–Crippen MR) is 118 cm³/mol. The summed E-state index contributed by atoms with van der Waals surface area (Å²) in [5.41, 5.74) is 1.56. The standard InChI is InChI=1S/C26H27N3O3/c1-29(16-12-19-17-27-13-14-28-19)15-6-7-20(18-29)32-25(30)26(31)23-10-4-2-8-21(23)22-9-3-5-11-24(22)26/h2-5,8-11,13-14,17,20H,6-7,12,15-16,18H2,1H3/t20?,29-/m1/s1. The number of esters is 1. The van der Waals surface area contributed by atoms with Gasteiger partial charge in [-0.3, -0.25) is 14.8 Å². The molecule has 1 aromatic heterocycles. The van der Waals surface area contributed by atoms with Gasteiger partial charge >= 0.3 is 5.97 Å². The molecule has 2 heterocycles. The van der Waals surface area contributed by atoms with Crippen LogP contribution in [-0.4, -0.2) is 53.2 Å². The number of nitrogens with zero attached hydrogens (tertiary/aromatic N) is 3. The van der Waals surface area contributed by atoms with Gasteiger partial charge in [-0.1, -0.05) is 48.5 Å². The monoisotopic (exact) mass is 429 g/mol. The summed E-state index contributed by atoms with van der Waals surface area (Å²) in [6.07, 6.45) is 7.46. The Morgan fingerprint density at radius 2 is 1.81 bits per heavy atom. The maximum atomic E-state index is 14.1. The lowest BCUT2D eigenvalue weighted by Gasteiger charge is -2.43. The number of benzene rings is 2. The number of ether oxygens (including phenoxy) is 1. The number of rotatable bonds is 5. The van der Waals surface area contributed by atoms with Crippen LogP contribution in [0.25, 0.3) is 11.1 Å². The van der Waals surface area contributed by atoms with Gasteiger partial charge in [0.15, 0.2) is 6.10 Å². The molecule has 6 nitrogen and oxygen atoms in total. The molecule has 1 unspecified atom stereocenters. The van der Waals surface area contributed by atoms with Crippen LogP contribution in [0.5, 0.6) is 0 Å². The third-order valence-electron chi connectivity index (χ3n) is 6.86. The van der Waals surface area contributed by atoms with E-state index in [0.717, 1.165) is 53.7 Å². The zero-order valence-corrected chi connectivity index (χ0v) is 18.2. The second-order valence-electron chi connectivity index (χ2n) is 9.14. The summed E-state index contributed by atoms with van der Waals surface area (Å²) in [6.45, 7) is 2.61. The van der Waals surface area contributed by atoms with E-state index in [9.17, 15) is 9.90 Å². The lowest BCUT2D eigenvalue weighted by atomic mass is 9.91. The summed E-state index contributed by atoms with van der Waals surface area (Å²) >= 11 is 0. The van der Waals surface area contributed by atoms with Crippen molar-refractivity contribution in [2.75, 3.05) is 26.7 Å². The van der Waals surface area contributed by atoms with Crippen molar-refractivity contribution in [1.82, 2.24) is 9.97 Å². The molecule has 6 heteroatoms. The Bertz CT molecular complexity index is 1090. The van der Waals surface area contributed by atoms with Crippen molar-refractivity contribution in [1.29, 1.82) is 0 Å². The van der Waals surface area contributed by atoms with E-state index in [1.807, 2.05) is 36.4 Å². The topological polar surface area (TPSA) is 75.1 Å². The minimum absolute atomic E-state index is 0.270. The number of quaternary nitrogens is 1. The first kappa shape index (κ1) is 20.8. The number of piperidine rings is 1. The third kappa shape index (κ3) is 3.59. The van der Waals surface area contributed by atoms with Crippen LogP contribution in [0.1, 0.15) is 29.7 Å². The maximum absolute atomic E-state index is 14.1. The van der Waals surface area contributed by atoms with Crippen molar-refractivity contribution in [2.24, 2.45) is 0 Å². The van der Waals surface area contributed by atoms with E-state index in [4.69, 9.17) is 4.74 Å². The first-order valence-corrected chi connectivity index (χ1v) is 11.2. The maximum Gasteiger partial charge on any atom is 0.304 e. The van der Waals surface area contributed by atoms with Crippen molar-refractivity contribution in [3.05, 3.63) is 83.9 Å². The molecule has 0 radical (unpaired) electrons. The molecule has 164 valence electrons. The number of carbonyl (C=O) groups excluding carboxylic acids is 1. The molecule has 0 bridgehead atoms. The summed E-state index contributed by atoms with van der Waals surface area (Å²) in [5.74, 6) is -0.692. The van der Waals surface area contributed by atoms with Gasteiger partial charge in [0, 0.05) is 37.0 Å². The highest BCUT2D eigenvalue weighted by Crippen LogP contribution is 2.46. The summed E-state index contributed by atoms with van der Waals surface area (Å²) in [6, 6.07) is 14.7. The van der Waals surface area contributed by atoms with Crippen molar-refractivity contribution < 1.29 is 19.1 Å². The molecule has 0 N–H and O–H groups in total.